The summed E-state index contributed by atoms with van der Waals surface area (Å²) in [4.78, 5) is 7.08. The summed E-state index contributed by atoms with van der Waals surface area (Å²) >= 11 is 1.61. The van der Waals surface area contributed by atoms with E-state index in [0.717, 1.165) is 48.0 Å². The van der Waals surface area contributed by atoms with E-state index in [2.05, 4.69) is 10.3 Å². The summed E-state index contributed by atoms with van der Waals surface area (Å²) in [6, 6.07) is 7.94. The van der Waals surface area contributed by atoms with Gasteiger partial charge in [-0.05, 0) is 31.4 Å². The van der Waals surface area contributed by atoms with Gasteiger partial charge in [0.2, 0.25) is 0 Å². The van der Waals surface area contributed by atoms with E-state index < -0.39 is 9.84 Å². The van der Waals surface area contributed by atoms with E-state index in [4.69, 9.17) is 14.5 Å². The molecule has 4 rings (SSSR count). The fourth-order valence-electron chi connectivity index (χ4n) is 3.93. The van der Waals surface area contributed by atoms with Crippen molar-refractivity contribution in [2.75, 3.05) is 31.8 Å². The molecule has 2 aliphatic rings. The minimum absolute atomic E-state index is 0.0520. The summed E-state index contributed by atoms with van der Waals surface area (Å²) < 4.78 is 35.1. The van der Waals surface area contributed by atoms with Gasteiger partial charge < -0.3 is 9.47 Å². The predicted octanol–water partition coefficient (Wildman–Crippen LogP) is 2.99. The molecule has 2 atom stereocenters. The monoisotopic (exact) mass is 422 g/mol. The number of methoxy groups -OCH3 is 1. The molecule has 0 amide bonds. The molecular weight excluding hydrogens is 396 g/mol. The Kier molecular flexibility index (Phi) is 6.01. The third kappa shape index (κ3) is 4.74. The average molecular weight is 423 g/mol. The summed E-state index contributed by atoms with van der Waals surface area (Å²) in [5.74, 6) is 1.34. The lowest BCUT2D eigenvalue weighted by molar-refractivity contribution is 0.0570. The molecule has 1 aromatic carbocycles. The normalized spacial score (nSPS) is 24.1. The number of hydrogen-bond donors (Lipinski definition) is 0. The van der Waals surface area contributed by atoms with Crippen molar-refractivity contribution in [1.29, 1.82) is 0 Å². The van der Waals surface area contributed by atoms with Crippen LogP contribution in [-0.4, -0.2) is 62.2 Å². The largest absolute Gasteiger partial charge is 0.497 e. The van der Waals surface area contributed by atoms with Gasteiger partial charge in [-0.15, -0.1) is 11.3 Å². The van der Waals surface area contributed by atoms with E-state index in [-0.39, 0.29) is 23.7 Å². The number of aromatic nitrogens is 1. The Bertz CT molecular complexity index is 906. The molecule has 2 fully saturated rings. The third-order valence-corrected chi connectivity index (χ3v) is 8.11. The van der Waals surface area contributed by atoms with Gasteiger partial charge in [-0.1, -0.05) is 12.1 Å². The van der Waals surface area contributed by atoms with Crippen molar-refractivity contribution in [3.8, 4) is 16.3 Å². The molecule has 28 heavy (non-hydrogen) atoms. The van der Waals surface area contributed by atoms with Crippen LogP contribution in [0.5, 0.6) is 5.75 Å². The van der Waals surface area contributed by atoms with Gasteiger partial charge in [-0.25, -0.2) is 13.4 Å². The smallest absolute Gasteiger partial charge is 0.151 e. The lowest BCUT2D eigenvalue weighted by Gasteiger charge is -2.29. The van der Waals surface area contributed by atoms with Crippen LogP contribution in [0.4, 0.5) is 0 Å². The van der Waals surface area contributed by atoms with Crippen molar-refractivity contribution in [3.63, 3.8) is 0 Å². The Hall–Kier alpha value is -1.48. The molecule has 6 nitrogen and oxygen atoms in total. The van der Waals surface area contributed by atoms with E-state index in [1.165, 1.54) is 0 Å². The zero-order chi connectivity index (χ0) is 19.6. The average Bonchev–Trinajstić information content (AvgIpc) is 3.43. The molecule has 2 aliphatic heterocycles. The van der Waals surface area contributed by atoms with Gasteiger partial charge in [-0.3, -0.25) is 4.90 Å². The highest BCUT2D eigenvalue weighted by Crippen LogP contribution is 2.29. The Labute approximate surface area is 170 Å². The van der Waals surface area contributed by atoms with Crippen LogP contribution in [0, 0.1) is 0 Å². The van der Waals surface area contributed by atoms with Gasteiger partial charge in [0.25, 0.3) is 0 Å². The molecule has 0 aliphatic carbocycles. The maximum Gasteiger partial charge on any atom is 0.151 e. The van der Waals surface area contributed by atoms with Crippen molar-refractivity contribution in [1.82, 2.24) is 9.88 Å². The van der Waals surface area contributed by atoms with Crippen molar-refractivity contribution >= 4 is 21.2 Å². The van der Waals surface area contributed by atoms with Gasteiger partial charge in [0.1, 0.15) is 10.8 Å². The molecule has 2 saturated heterocycles. The van der Waals surface area contributed by atoms with E-state index >= 15 is 0 Å². The number of nitrogens with zero attached hydrogens (tertiary/aromatic N) is 2. The summed E-state index contributed by atoms with van der Waals surface area (Å²) in [6.45, 7) is 2.23. The number of ether oxygens (including phenoxy) is 2. The van der Waals surface area contributed by atoms with E-state index in [0.29, 0.717) is 13.0 Å². The maximum absolute atomic E-state index is 12.0. The molecular formula is C20H26N2O4S2. The molecule has 2 aromatic rings. The first-order valence-corrected chi connectivity index (χ1v) is 12.4. The summed E-state index contributed by atoms with van der Waals surface area (Å²) in [5.41, 5.74) is 2.01. The molecule has 0 radical (unpaired) electrons. The lowest BCUT2D eigenvalue weighted by Crippen LogP contribution is -2.40. The van der Waals surface area contributed by atoms with Gasteiger partial charge in [0.05, 0.1) is 30.4 Å². The van der Waals surface area contributed by atoms with Crippen LogP contribution in [0.15, 0.2) is 29.6 Å². The molecule has 0 saturated carbocycles. The summed E-state index contributed by atoms with van der Waals surface area (Å²) in [5, 5.41) is 3.02. The van der Waals surface area contributed by atoms with Crippen LogP contribution in [0.25, 0.3) is 10.6 Å². The first kappa shape index (κ1) is 19.8. The van der Waals surface area contributed by atoms with E-state index in [1.807, 2.05) is 24.3 Å². The number of rotatable bonds is 7. The lowest BCUT2D eigenvalue weighted by atomic mass is 10.1. The first-order valence-electron chi connectivity index (χ1n) is 9.67. The summed E-state index contributed by atoms with van der Waals surface area (Å²) in [7, 11) is -1.27. The van der Waals surface area contributed by atoms with Gasteiger partial charge in [0.15, 0.2) is 9.84 Å². The number of sulfone groups is 1. The zero-order valence-electron chi connectivity index (χ0n) is 16.0. The highest BCUT2D eigenvalue weighted by Gasteiger charge is 2.34. The minimum atomic E-state index is -2.93. The predicted molar refractivity (Wildman–Crippen MR) is 111 cm³/mol. The van der Waals surface area contributed by atoms with Gasteiger partial charge in [0, 0.05) is 36.7 Å². The number of hydrogen-bond acceptors (Lipinski definition) is 7. The Morgan fingerprint density at radius 2 is 2.25 bits per heavy atom. The second-order valence-electron chi connectivity index (χ2n) is 7.50. The van der Waals surface area contributed by atoms with Crippen LogP contribution in [0.2, 0.25) is 0 Å². The molecule has 3 heterocycles. The fourth-order valence-corrected chi connectivity index (χ4v) is 6.50. The van der Waals surface area contributed by atoms with Crippen molar-refractivity contribution in [3.05, 3.63) is 35.3 Å². The standard InChI is InChI=1S/C20H26N2O4S2/c1-25-18-5-2-4-15(10-18)20-21-16(13-27-20)11-22(12-19-6-3-8-26-19)17-7-9-28(23,24)14-17/h2,4-5,10,13,17,19H,3,6-9,11-12,14H2,1H3. The number of benzene rings is 1. The van der Waals surface area contributed by atoms with E-state index in [9.17, 15) is 8.42 Å². The van der Waals surface area contributed by atoms with Crippen LogP contribution in [0.1, 0.15) is 25.0 Å². The SMILES string of the molecule is COc1cccc(-c2nc(CN(CC3CCCO3)C3CCS(=O)(=O)C3)cs2)c1. The molecule has 0 spiro atoms. The van der Waals surface area contributed by atoms with Crippen LogP contribution in [-0.2, 0) is 21.1 Å². The highest BCUT2D eigenvalue weighted by molar-refractivity contribution is 7.91. The minimum Gasteiger partial charge on any atom is -0.497 e. The third-order valence-electron chi connectivity index (χ3n) is 5.42. The Morgan fingerprint density at radius 3 is 2.96 bits per heavy atom. The molecule has 0 bridgehead atoms. The Balaban J connectivity index is 1.50. The van der Waals surface area contributed by atoms with Crippen LogP contribution >= 0.6 is 11.3 Å². The quantitative estimate of drug-likeness (QED) is 0.683. The maximum atomic E-state index is 12.0. The molecule has 0 N–H and O–H groups in total. The van der Waals surface area contributed by atoms with E-state index in [1.54, 1.807) is 18.4 Å². The van der Waals surface area contributed by atoms with Crippen molar-refractivity contribution < 1.29 is 17.9 Å². The Morgan fingerprint density at radius 1 is 1.36 bits per heavy atom. The van der Waals surface area contributed by atoms with Crippen LogP contribution < -0.4 is 4.74 Å². The summed E-state index contributed by atoms with van der Waals surface area (Å²) in [6.07, 6.45) is 3.02. The van der Waals surface area contributed by atoms with Gasteiger partial charge in [-0.2, -0.15) is 0 Å². The molecule has 152 valence electrons. The zero-order valence-corrected chi connectivity index (χ0v) is 17.7. The molecule has 8 heteroatoms. The van der Waals surface area contributed by atoms with Crippen molar-refractivity contribution in [2.45, 2.75) is 38.0 Å². The topological polar surface area (TPSA) is 68.7 Å². The van der Waals surface area contributed by atoms with Gasteiger partial charge >= 0.3 is 0 Å². The molecule has 2 unspecified atom stereocenters. The second-order valence-corrected chi connectivity index (χ2v) is 10.6. The number of thiazole rings is 1. The van der Waals surface area contributed by atoms with Crippen LogP contribution in [0.3, 0.4) is 0 Å². The van der Waals surface area contributed by atoms with Crippen molar-refractivity contribution in [2.24, 2.45) is 0 Å². The highest BCUT2D eigenvalue weighted by atomic mass is 32.2. The first-order chi connectivity index (χ1) is 13.5. The second kappa shape index (κ2) is 8.49. The fraction of sp³-hybridized carbons (Fsp3) is 0.550. The molecule has 1 aromatic heterocycles.